The molecule has 0 atom stereocenters. The molecule has 0 spiro atoms. The van der Waals surface area contributed by atoms with Crippen LogP contribution in [-0.2, 0) is 4.74 Å². The number of nitrogens with zero attached hydrogens (tertiary/aromatic N) is 2. The molecule has 0 saturated heterocycles. The molecule has 7 nitrogen and oxygen atoms in total. The Labute approximate surface area is 145 Å². The Bertz CT molecular complexity index is 803. The van der Waals surface area contributed by atoms with E-state index >= 15 is 0 Å². The van der Waals surface area contributed by atoms with Gasteiger partial charge >= 0.3 is 5.97 Å². The lowest BCUT2D eigenvalue weighted by atomic mass is 10.1. The first kappa shape index (κ1) is 16.9. The van der Waals surface area contributed by atoms with Crippen LogP contribution in [-0.4, -0.2) is 34.5 Å². The number of anilines is 2. The lowest BCUT2D eigenvalue weighted by Gasteiger charge is -2.11. The molecule has 1 saturated carbocycles. The van der Waals surface area contributed by atoms with Crippen LogP contribution in [0.1, 0.15) is 46.3 Å². The number of hydrogen-bond acceptors (Lipinski definition) is 6. The van der Waals surface area contributed by atoms with E-state index in [1.807, 2.05) is 6.92 Å². The second-order valence-electron chi connectivity index (χ2n) is 5.86. The van der Waals surface area contributed by atoms with Crippen LogP contribution >= 0.6 is 0 Å². The number of para-hydroxylation sites is 1. The van der Waals surface area contributed by atoms with Gasteiger partial charge in [0.05, 0.1) is 17.9 Å². The zero-order valence-electron chi connectivity index (χ0n) is 14.2. The number of amides is 1. The first-order valence-corrected chi connectivity index (χ1v) is 8.26. The second-order valence-corrected chi connectivity index (χ2v) is 5.86. The molecule has 7 heteroatoms. The van der Waals surface area contributed by atoms with E-state index in [4.69, 9.17) is 4.74 Å². The van der Waals surface area contributed by atoms with E-state index in [0.29, 0.717) is 28.9 Å². The highest BCUT2D eigenvalue weighted by atomic mass is 16.5. The fourth-order valence-corrected chi connectivity index (χ4v) is 2.32. The Hall–Kier alpha value is -2.96. The van der Waals surface area contributed by atoms with E-state index in [1.165, 1.54) is 0 Å². The minimum atomic E-state index is -0.478. The van der Waals surface area contributed by atoms with Crippen molar-refractivity contribution in [3.63, 3.8) is 0 Å². The Morgan fingerprint density at radius 3 is 2.72 bits per heavy atom. The van der Waals surface area contributed by atoms with Crippen molar-refractivity contribution in [3.05, 3.63) is 47.3 Å². The molecule has 1 aliphatic rings. The number of carbonyl (C=O) groups is 2. The molecule has 0 aliphatic heterocycles. The standard InChI is InChI=1S/C18H20N4O3/c1-3-25-17(24)13-6-4-5-7-14(13)21-16(23)15-10-11(2)19-18(22-15)20-12-8-9-12/h4-7,10,12H,3,8-9H2,1-2H3,(H,21,23)(H,19,20,22). The minimum absolute atomic E-state index is 0.245. The number of carbonyl (C=O) groups excluding carboxylic acids is 2. The van der Waals surface area contributed by atoms with E-state index in [1.54, 1.807) is 37.3 Å². The summed E-state index contributed by atoms with van der Waals surface area (Å²) in [6.45, 7) is 3.81. The Balaban J connectivity index is 1.80. The van der Waals surface area contributed by atoms with Gasteiger partial charge in [0.15, 0.2) is 0 Å². The first-order valence-electron chi connectivity index (χ1n) is 8.26. The van der Waals surface area contributed by atoms with Gasteiger partial charge < -0.3 is 15.4 Å². The molecular formula is C18H20N4O3. The van der Waals surface area contributed by atoms with Gasteiger partial charge in [0, 0.05) is 11.7 Å². The van der Waals surface area contributed by atoms with Crippen molar-refractivity contribution in [2.24, 2.45) is 0 Å². The lowest BCUT2D eigenvalue weighted by Crippen LogP contribution is -2.18. The highest BCUT2D eigenvalue weighted by molar-refractivity contribution is 6.07. The summed E-state index contributed by atoms with van der Waals surface area (Å²) in [6.07, 6.45) is 2.18. The Morgan fingerprint density at radius 2 is 2.00 bits per heavy atom. The molecule has 25 heavy (non-hydrogen) atoms. The molecule has 1 heterocycles. The van der Waals surface area contributed by atoms with Crippen molar-refractivity contribution in [1.82, 2.24) is 9.97 Å². The number of rotatable bonds is 6. The van der Waals surface area contributed by atoms with Crippen molar-refractivity contribution < 1.29 is 14.3 Å². The Kier molecular flexibility index (Phi) is 4.92. The topological polar surface area (TPSA) is 93.2 Å². The van der Waals surface area contributed by atoms with E-state index in [0.717, 1.165) is 12.8 Å². The number of esters is 1. The molecule has 0 radical (unpaired) electrons. The fourth-order valence-electron chi connectivity index (χ4n) is 2.32. The van der Waals surface area contributed by atoms with Gasteiger partial charge in [-0.25, -0.2) is 14.8 Å². The van der Waals surface area contributed by atoms with Crippen molar-refractivity contribution in [1.29, 1.82) is 0 Å². The molecule has 1 amide bonds. The third-order valence-electron chi connectivity index (χ3n) is 3.67. The van der Waals surface area contributed by atoms with Crippen LogP contribution in [0.5, 0.6) is 0 Å². The van der Waals surface area contributed by atoms with Gasteiger partial charge in [-0.1, -0.05) is 12.1 Å². The maximum Gasteiger partial charge on any atom is 0.340 e. The summed E-state index contributed by atoms with van der Waals surface area (Å²) in [5.41, 5.74) is 1.63. The number of ether oxygens (including phenoxy) is 1. The van der Waals surface area contributed by atoms with Crippen molar-refractivity contribution in [3.8, 4) is 0 Å². The van der Waals surface area contributed by atoms with Gasteiger partial charge in [-0.15, -0.1) is 0 Å². The molecule has 3 rings (SSSR count). The minimum Gasteiger partial charge on any atom is -0.462 e. The third-order valence-corrected chi connectivity index (χ3v) is 3.67. The molecule has 1 aromatic heterocycles. The van der Waals surface area contributed by atoms with Crippen molar-refractivity contribution >= 4 is 23.5 Å². The van der Waals surface area contributed by atoms with Gasteiger partial charge in [0.2, 0.25) is 5.95 Å². The second kappa shape index (κ2) is 7.29. The smallest absolute Gasteiger partial charge is 0.340 e. The quantitative estimate of drug-likeness (QED) is 0.786. The van der Waals surface area contributed by atoms with Crippen LogP contribution in [0, 0.1) is 6.92 Å². The van der Waals surface area contributed by atoms with Gasteiger partial charge in [0.1, 0.15) is 5.69 Å². The van der Waals surface area contributed by atoms with Crippen LogP contribution in [0.15, 0.2) is 30.3 Å². The summed E-state index contributed by atoms with van der Waals surface area (Å²) >= 11 is 0. The van der Waals surface area contributed by atoms with Gasteiger partial charge in [-0.3, -0.25) is 4.79 Å². The van der Waals surface area contributed by atoms with Crippen LogP contribution < -0.4 is 10.6 Å². The monoisotopic (exact) mass is 340 g/mol. The Morgan fingerprint density at radius 1 is 1.24 bits per heavy atom. The summed E-state index contributed by atoms with van der Waals surface area (Å²) in [5, 5.41) is 5.92. The summed E-state index contributed by atoms with van der Waals surface area (Å²) in [5.74, 6) is -0.430. The number of aromatic nitrogens is 2. The lowest BCUT2D eigenvalue weighted by molar-refractivity contribution is 0.0527. The predicted octanol–water partition coefficient (Wildman–Crippen LogP) is 2.79. The molecule has 1 fully saturated rings. The van der Waals surface area contributed by atoms with Crippen LogP contribution in [0.25, 0.3) is 0 Å². The summed E-state index contributed by atoms with van der Waals surface area (Å²) < 4.78 is 5.02. The van der Waals surface area contributed by atoms with Crippen LogP contribution in [0.3, 0.4) is 0 Å². The molecule has 1 aromatic carbocycles. The molecule has 2 N–H and O–H groups in total. The number of benzene rings is 1. The highest BCUT2D eigenvalue weighted by Gasteiger charge is 2.23. The molecule has 0 bridgehead atoms. The van der Waals surface area contributed by atoms with Crippen LogP contribution in [0.4, 0.5) is 11.6 Å². The first-order chi connectivity index (χ1) is 12.1. The zero-order chi connectivity index (χ0) is 17.8. The maximum absolute atomic E-state index is 12.6. The van der Waals surface area contributed by atoms with E-state index in [2.05, 4.69) is 20.6 Å². The predicted molar refractivity (Wildman–Crippen MR) is 93.8 cm³/mol. The van der Waals surface area contributed by atoms with E-state index in [-0.39, 0.29) is 12.3 Å². The van der Waals surface area contributed by atoms with Gasteiger partial charge in [-0.05, 0) is 44.9 Å². The summed E-state index contributed by atoms with van der Waals surface area (Å²) in [6, 6.07) is 8.72. The molecular weight excluding hydrogens is 320 g/mol. The average molecular weight is 340 g/mol. The summed E-state index contributed by atoms with van der Waals surface area (Å²) in [4.78, 5) is 33.1. The highest BCUT2D eigenvalue weighted by Crippen LogP contribution is 2.23. The molecule has 1 aliphatic carbocycles. The van der Waals surface area contributed by atoms with Crippen molar-refractivity contribution in [2.75, 3.05) is 17.2 Å². The molecule has 0 unspecified atom stereocenters. The number of hydrogen-bond donors (Lipinski definition) is 2. The maximum atomic E-state index is 12.6. The zero-order valence-corrected chi connectivity index (χ0v) is 14.2. The fraction of sp³-hybridized carbons (Fsp3) is 0.333. The van der Waals surface area contributed by atoms with E-state index in [9.17, 15) is 9.59 Å². The number of nitrogens with one attached hydrogen (secondary N) is 2. The van der Waals surface area contributed by atoms with Crippen LogP contribution in [0.2, 0.25) is 0 Å². The molecule has 130 valence electrons. The number of aryl methyl sites for hydroxylation is 1. The van der Waals surface area contributed by atoms with Gasteiger partial charge in [-0.2, -0.15) is 0 Å². The summed E-state index contributed by atoms with van der Waals surface area (Å²) in [7, 11) is 0. The van der Waals surface area contributed by atoms with Crippen molar-refractivity contribution in [2.45, 2.75) is 32.7 Å². The average Bonchev–Trinajstić information content (AvgIpc) is 3.39. The normalized spacial score (nSPS) is 13.2. The SMILES string of the molecule is CCOC(=O)c1ccccc1NC(=O)c1cc(C)nc(NC2CC2)n1. The van der Waals surface area contributed by atoms with Gasteiger partial charge in [0.25, 0.3) is 5.91 Å². The van der Waals surface area contributed by atoms with E-state index < -0.39 is 11.9 Å². The molecule has 2 aromatic rings. The largest absolute Gasteiger partial charge is 0.462 e. The third kappa shape index (κ3) is 4.32.